The van der Waals surface area contributed by atoms with Gasteiger partial charge in [0.25, 0.3) is 0 Å². The molecule has 5 heterocycles. The lowest BCUT2D eigenvalue weighted by atomic mass is 9.81. The van der Waals surface area contributed by atoms with E-state index in [1.165, 1.54) is 17.8 Å². The Kier molecular flexibility index (Phi) is 5.15. The van der Waals surface area contributed by atoms with Crippen LogP contribution >= 0.6 is 0 Å². The molecule has 1 aliphatic rings. The molecule has 5 rings (SSSR count). The van der Waals surface area contributed by atoms with Crippen molar-refractivity contribution in [3.8, 4) is 17.4 Å². The molecule has 1 unspecified atom stereocenters. The minimum absolute atomic E-state index is 0.0115. The van der Waals surface area contributed by atoms with E-state index in [-0.39, 0.29) is 22.9 Å². The van der Waals surface area contributed by atoms with Crippen LogP contribution in [0.25, 0.3) is 17.2 Å². The summed E-state index contributed by atoms with van der Waals surface area (Å²) in [7, 11) is 0. The Morgan fingerprint density at radius 2 is 1.97 bits per heavy atom. The van der Waals surface area contributed by atoms with Gasteiger partial charge in [0.2, 0.25) is 11.8 Å². The Labute approximate surface area is 196 Å². The Bertz CT molecular complexity index is 1450. The van der Waals surface area contributed by atoms with Gasteiger partial charge in [-0.3, -0.25) is 9.78 Å². The molecule has 13 heteroatoms. The summed E-state index contributed by atoms with van der Waals surface area (Å²) < 4.78 is 40.4. The second-order valence-electron chi connectivity index (χ2n) is 8.31. The number of halogens is 3. The summed E-state index contributed by atoms with van der Waals surface area (Å²) in [6, 6.07) is 1.94. The van der Waals surface area contributed by atoms with Crippen molar-refractivity contribution < 1.29 is 23.1 Å². The Balaban J connectivity index is 1.59. The summed E-state index contributed by atoms with van der Waals surface area (Å²) in [5, 5.41) is 17.6. The minimum atomic E-state index is -4.57. The minimum Gasteiger partial charge on any atom is -0.493 e. The van der Waals surface area contributed by atoms with Crippen LogP contribution in [0, 0.1) is 0 Å². The van der Waals surface area contributed by atoms with Crippen molar-refractivity contribution in [1.29, 1.82) is 0 Å². The molecule has 1 aliphatic heterocycles. The molecular formula is C22H19F3N8O2. The summed E-state index contributed by atoms with van der Waals surface area (Å²) in [6.45, 7) is 3.49. The highest BCUT2D eigenvalue weighted by Crippen LogP contribution is 2.45. The van der Waals surface area contributed by atoms with Crippen molar-refractivity contribution in [2.24, 2.45) is 0 Å². The number of nitrogens with one attached hydrogen (secondary N) is 1. The Morgan fingerprint density at radius 1 is 1.17 bits per heavy atom. The zero-order chi connectivity index (χ0) is 25.0. The zero-order valence-electron chi connectivity index (χ0n) is 18.6. The van der Waals surface area contributed by atoms with Gasteiger partial charge >= 0.3 is 6.18 Å². The number of rotatable bonds is 5. The number of alkyl halides is 3. The number of carbonyl (C=O) groups excluding carboxylic acids is 1. The third-order valence-corrected chi connectivity index (χ3v) is 6.01. The van der Waals surface area contributed by atoms with Gasteiger partial charge in [-0.05, 0) is 31.9 Å². The molecule has 0 spiro atoms. The van der Waals surface area contributed by atoms with E-state index in [1.807, 2.05) is 0 Å². The predicted molar refractivity (Wildman–Crippen MR) is 116 cm³/mol. The van der Waals surface area contributed by atoms with Gasteiger partial charge in [-0.25, -0.2) is 19.5 Å². The van der Waals surface area contributed by atoms with Crippen LogP contribution in [0.5, 0.6) is 5.88 Å². The van der Waals surface area contributed by atoms with Crippen LogP contribution < -0.4 is 5.32 Å². The number of anilines is 1. The largest absolute Gasteiger partial charge is 0.493 e. The number of fused-ring (bicyclic) bond motifs is 2. The third-order valence-electron chi connectivity index (χ3n) is 6.01. The number of hydrogen-bond donors (Lipinski definition) is 2. The molecule has 180 valence electrons. The van der Waals surface area contributed by atoms with E-state index in [0.29, 0.717) is 29.7 Å². The molecule has 4 aromatic heterocycles. The maximum absolute atomic E-state index is 13.0. The molecule has 0 fully saturated rings. The number of aryl methyl sites for hydroxylation is 1. The monoisotopic (exact) mass is 484 g/mol. The number of pyridine rings is 1. The van der Waals surface area contributed by atoms with Gasteiger partial charge in [-0.1, -0.05) is 13.3 Å². The van der Waals surface area contributed by atoms with Crippen LogP contribution in [0.15, 0.2) is 30.9 Å². The predicted octanol–water partition coefficient (Wildman–Crippen LogP) is 3.30. The molecule has 1 atom stereocenters. The fourth-order valence-electron chi connectivity index (χ4n) is 4.07. The molecule has 0 bridgehead atoms. The molecule has 4 aromatic rings. The van der Waals surface area contributed by atoms with E-state index >= 15 is 0 Å². The number of aromatic nitrogens is 7. The number of nitrogens with zero attached hydrogens (tertiary/aromatic N) is 7. The van der Waals surface area contributed by atoms with Gasteiger partial charge in [0, 0.05) is 6.20 Å². The van der Waals surface area contributed by atoms with Crippen molar-refractivity contribution in [1.82, 2.24) is 34.5 Å². The standard InChI is InChI=1S/C22H19F3N8O2/c1-3-4-5-12-18-27-10-28-33(18)9-13(29-12)16-30-17-15(19(34)31-16)21(2,20(35)32-17)14-7-6-11(8-26-14)22(23,24)25/h6-10H,3-5H2,1-2H3,(H2,30,31,32,34,35). The first-order valence-corrected chi connectivity index (χ1v) is 10.8. The van der Waals surface area contributed by atoms with Crippen LogP contribution in [0.3, 0.4) is 0 Å². The number of aromatic hydroxyl groups is 1. The SMILES string of the molecule is CCCCc1nc(-c2nc(O)c3c(n2)NC(=O)C3(C)c2ccc(C(F)(F)F)cn2)cn2ncnc12. The van der Waals surface area contributed by atoms with E-state index in [1.54, 1.807) is 6.20 Å². The van der Waals surface area contributed by atoms with Crippen LogP contribution in [0.1, 0.15) is 49.2 Å². The summed E-state index contributed by atoms with van der Waals surface area (Å²) in [6.07, 6.45) is 1.52. The normalized spacial score (nSPS) is 17.6. The van der Waals surface area contributed by atoms with E-state index in [2.05, 4.69) is 42.3 Å². The average molecular weight is 484 g/mol. The molecular weight excluding hydrogens is 465 g/mol. The number of carbonyl (C=O) groups is 1. The van der Waals surface area contributed by atoms with Gasteiger partial charge < -0.3 is 10.4 Å². The van der Waals surface area contributed by atoms with Crippen molar-refractivity contribution in [3.63, 3.8) is 0 Å². The van der Waals surface area contributed by atoms with Crippen molar-refractivity contribution in [3.05, 3.63) is 53.4 Å². The third kappa shape index (κ3) is 3.63. The van der Waals surface area contributed by atoms with Crippen LogP contribution in [0.4, 0.5) is 19.0 Å². The summed E-state index contributed by atoms with van der Waals surface area (Å²) in [5.74, 6) is -1.05. The molecule has 2 N–H and O–H groups in total. The van der Waals surface area contributed by atoms with Crippen molar-refractivity contribution in [2.45, 2.75) is 44.7 Å². The molecule has 0 aliphatic carbocycles. The summed E-state index contributed by atoms with van der Waals surface area (Å²) in [5.41, 5.74) is -0.924. The van der Waals surface area contributed by atoms with Crippen LogP contribution in [0.2, 0.25) is 0 Å². The molecule has 0 saturated heterocycles. The Hall–Kier alpha value is -4.16. The van der Waals surface area contributed by atoms with E-state index in [0.717, 1.165) is 25.0 Å². The fourth-order valence-corrected chi connectivity index (χ4v) is 4.07. The molecule has 0 radical (unpaired) electrons. The van der Waals surface area contributed by atoms with Crippen molar-refractivity contribution in [2.75, 3.05) is 5.32 Å². The maximum Gasteiger partial charge on any atom is 0.417 e. The van der Waals surface area contributed by atoms with Crippen LogP contribution in [-0.4, -0.2) is 45.5 Å². The average Bonchev–Trinajstić information content (AvgIpc) is 3.40. The second kappa shape index (κ2) is 7.96. The number of amides is 1. The number of hydrogen-bond acceptors (Lipinski definition) is 8. The highest BCUT2D eigenvalue weighted by atomic mass is 19.4. The highest BCUT2D eigenvalue weighted by molar-refractivity contribution is 6.08. The van der Waals surface area contributed by atoms with Gasteiger partial charge in [-0.15, -0.1) is 0 Å². The van der Waals surface area contributed by atoms with Gasteiger partial charge in [0.05, 0.1) is 28.7 Å². The van der Waals surface area contributed by atoms with E-state index in [9.17, 15) is 23.1 Å². The highest BCUT2D eigenvalue weighted by Gasteiger charge is 2.49. The molecule has 35 heavy (non-hydrogen) atoms. The first kappa shape index (κ1) is 22.6. The lowest BCUT2D eigenvalue weighted by molar-refractivity contribution is -0.137. The van der Waals surface area contributed by atoms with Crippen LogP contribution in [-0.2, 0) is 22.8 Å². The maximum atomic E-state index is 13.0. The fraction of sp³-hybridized carbons (Fsp3) is 0.318. The first-order valence-electron chi connectivity index (χ1n) is 10.8. The molecule has 1 amide bonds. The van der Waals surface area contributed by atoms with Gasteiger partial charge in [-0.2, -0.15) is 23.3 Å². The second-order valence-corrected chi connectivity index (χ2v) is 8.31. The molecule has 0 aromatic carbocycles. The zero-order valence-corrected chi connectivity index (χ0v) is 18.6. The van der Waals surface area contributed by atoms with E-state index in [4.69, 9.17) is 0 Å². The quantitative estimate of drug-likeness (QED) is 0.441. The summed E-state index contributed by atoms with van der Waals surface area (Å²) >= 11 is 0. The number of unbranched alkanes of at least 4 members (excludes halogenated alkanes) is 1. The Morgan fingerprint density at radius 3 is 2.66 bits per heavy atom. The smallest absolute Gasteiger partial charge is 0.417 e. The lowest BCUT2D eigenvalue weighted by Crippen LogP contribution is -2.33. The molecule has 0 saturated carbocycles. The topological polar surface area (TPSA) is 131 Å². The molecule has 10 nitrogen and oxygen atoms in total. The van der Waals surface area contributed by atoms with Gasteiger partial charge in [0.15, 0.2) is 11.5 Å². The van der Waals surface area contributed by atoms with Gasteiger partial charge in [0.1, 0.15) is 23.3 Å². The first-order chi connectivity index (χ1) is 16.6. The van der Waals surface area contributed by atoms with Crippen molar-refractivity contribution >= 4 is 17.4 Å². The van der Waals surface area contributed by atoms with E-state index < -0.39 is 28.9 Å². The lowest BCUT2D eigenvalue weighted by Gasteiger charge is -2.22. The summed E-state index contributed by atoms with van der Waals surface area (Å²) in [4.78, 5) is 34.2.